The summed E-state index contributed by atoms with van der Waals surface area (Å²) in [7, 11) is 0. The van der Waals surface area contributed by atoms with Gasteiger partial charge in [-0.25, -0.2) is 17.6 Å². The fraction of sp³-hybridized carbons (Fsp3) is 0.419. The van der Waals surface area contributed by atoms with Gasteiger partial charge in [0.2, 0.25) is 0 Å². The minimum Gasteiger partial charge on any atom is -0.450 e. The lowest BCUT2D eigenvalue weighted by atomic mass is 9.76. The molecule has 0 aliphatic heterocycles. The molecule has 9 heteroatoms. The molecule has 0 aromatic heterocycles. The molecule has 1 saturated carbocycles. The Morgan fingerprint density at radius 2 is 1.55 bits per heavy atom. The van der Waals surface area contributed by atoms with Gasteiger partial charge >= 0.3 is 6.36 Å². The third kappa shape index (κ3) is 6.91. The summed E-state index contributed by atoms with van der Waals surface area (Å²) in [5.74, 6) is -5.54. The molecule has 0 radical (unpaired) electrons. The van der Waals surface area contributed by atoms with E-state index in [0.717, 1.165) is 68.9 Å². The zero-order chi connectivity index (χ0) is 29.0. The summed E-state index contributed by atoms with van der Waals surface area (Å²) in [5.41, 5.74) is -0.0514. The maximum Gasteiger partial charge on any atom is 0.573 e. The fourth-order valence-corrected chi connectivity index (χ4v) is 5.47. The van der Waals surface area contributed by atoms with E-state index in [2.05, 4.69) is 11.7 Å². The molecule has 40 heavy (non-hydrogen) atoms. The molecule has 0 amide bonds. The highest BCUT2D eigenvalue weighted by Crippen LogP contribution is 2.44. The standard InChI is InChI=1S/C31H31F7O2/c1-3-4-5-7-19-10-12-20(13-11-19)27-25(34)16-18(2)29(28(27)35)39-30-22(8-6-9-23(30)32)21-14-15-26(24(33)17-21)40-31(36,37)38/h6,8-9,14-17,19-20H,3-5,7,10-13H2,1-2H3/t19-,20-. The molecule has 2 nitrogen and oxygen atoms in total. The monoisotopic (exact) mass is 568 g/mol. The van der Waals surface area contributed by atoms with Gasteiger partial charge in [0.15, 0.2) is 34.7 Å². The van der Waals surface area contributed by atoms with Crippen molar-refractivity contribution in [3.63, 3.8) is 0 Å². The fourth-order valence-electron chi connectivity index (χ4n) is 5.47. The second kappa shape index (κ2) is 12.5. The number of aryl methyl sites for hydroxylation is 1. The summed E-state index contributed by atoms with van der Waals surface area (Å²) in [6.45, 7) is 3.57. The molecule has 1 aliphatic carbocycles. The average Bonchev–Trinajstić information content (AvgIpc) is 2.88. The summed E-state index contributed by atoms with van der Waals surface area (Å²) < 4.78 is 107. The van der Waals surface area contributed by atoms with Gasteiger partial charge in [0.1, 0.15) is 5.82 Å². The van der Waals surface area contributed by atoms with Crippen LogP contribution in [0.5, 0.6) is 17.2 Å². The summed E-state index contributed by atoms with van der Waals surface area (Å²) in [6.07, 6.45) is 2.44. The van der Waals surface area contributed by atoms with Crippen LogP contribution in [0, 0.1) is 36.1 Å². The number of hydrogen-bond acceptors (Lipinski definition) is 2. The third-order valence-corrected chi connectivity index (χ3v) is 7.51. The number of benzene rings is 3. The first-order valence-corrected chi connectivity index (χ1v) is 13.5. The van der Waals surface area contributed by atoms with E-state index in [4.69, 9.17) is 4.74 Å². The molecule has 0 N–H and O–H groups in total. The molecule has 0 saturated heterocycles. The highest BCUT2D eigenvalue weighted by Gasteiger charge is 2.33. The Balaban J connectivity index is 1.63. The van der Waals surface area contributed by atoms with Crippen molar-refractivity contribution >= 4 is 0 Å². The largest absolute Gasteiger partial charge is 0.573 e. The molecule has 0 heterocycles. The minimum atomic E-state index is -5.10. The van der Waals surface area contributed by atoms with Gasteiger partial charge in [-0.2, -0.15) is 0 Å². The van der Waals surface area contributed by atoms with Gasteiger partial charge in [0, 0.05) is 11.1 Å². The van der Waals surface area contributed by atoms with Gasteiger partial charge in [-0.15, -0.1) is 13.2 Å². The van der Waals surface area contributed by atoms with Gasteiger partial charge in [-0.05, 0) is 79.8 Å². The van der Waals surface area contributed by atoms with Crippen LogP contribution in [0.25, 0.3) is 11.1 Å². The van der Waals surface area contributed by atoms with Crippen molar-refractivity contribution in [2.24, 2.45) is 5.92 Å². The molecule has 1 fully saturated rings. The van der Waals surface area contributed by atoms with Crippen molar-refractivity contribution in [1.29, 1.82) is 0 Å². The number of halogens is 7. The highest BCUT2D eigenvalue weighted by atomic mass is 19.4. The van der Waals surface area contributed by atoms with E-state index in [1.165, 1.54) is 19.1 Å². The molecule has 216 valence electrons. The van der Waals surface area contributed by atoms with E-state index in [-0.39, 0.29) is 33.9 Å². The third-order valence-electron chi connectivity index (χ3n) is 7.51. The Hall–Kier alpha value is -3.23. The number of ether oxygens (including phenoxy) is 2. The van der Waals surface area contributed by atoms with E-state index in [1.54, 1.807) is 0 Å². The van der Waals surface area contributed by atoms with Gasteiger partial charge in [-0.1, -0.05) is 50.8 Å². The Morgan fingerprint density at radius 1 is 0.825 bits per heavy atom. The molecular formula is C31H31F7O2. The lowest BCUT2D eigenvalue weighted by molar-refractivity contribution is -0.275. The van der Waals surface area contributed by atoms with Gasteiger partial charge in [0.05, 0.1) is 0 Å². The second-order valence-corrected chi connectivity index (χ2v) is 10.4. The Bertz CT molecular complexity index is 1330. The van der Waals surface area contributed by atoms with Gasteiger partial charge in [0.25, 0.3) is 0 Å². The number of alkyl halides is 3. The molecule has 0 bridgehead atoms. The van der Waals surface area contributed by atoms with Crippen molar-refractivity contribution in [1.82, 2.24) is 0 Å². The second-order valence-electron chi connectivity index (χ2n) is 10.4. The Morgan fingerprint density at radius 3 is 2.20 bits per heavy atom. The minimum absolute atomic E-state index is 0.0247. The van der Waals surface area contributed by atoms with Crippen molar-refractivity contribution < 1.29 is 40.2 Å². The Kier molecular flexibility index (Phi) is 9.31. The molecule has 3 aromatic carbocycles. The van der Waals surface area contributed by atoms with Crippen molar-refractivity contribution in [3.05, 3.63) is 76.9 Å². The quantitative estimate of drug-likeness (QED) is 0.189. The van der Waals surface area contributed by atoms with Crippen LogP contribution in [0.1, 0.15) is 75.3 Å². The van der Waals surface area contributed by atoms with Crippen LogP contribution in [-0.2, 0) is 0 Å². The van der Waals surface area contributed by atoms with Crippen LogP contribution in [-0.4, -0.2) is 6.36 Å². The van der Waals surface area contributed by atoms with Crippen molar-refractivity contribution in [3.8, 4) is 28.4 Å². The number of unbranched alkanes of at least 4 members (excludes halogenated alkanes) is 2. The van der Waals surface area contributed by atoms with E-state index >= 15 is 13.2 Å². The maximum absolute atomic E-state index is 15.9. The molecule has 0 atom stereocenters. The van der Waals surface area contributed by atoms with Crippen molar-refractivity contribution in [2.75, 3.05) is 0 Å². The lowest BCUT2D eigenvalue weighted by Crippen LogP contribution is -2.17. The van der Waals surface area contributed by atoms with Crippen LogP contribution in [0.4, 0.5) is 30.7 Å². The zero-order valence-corrected chi connectivity index (χ0v) is 22.3. The predicted octanol–water partition coefficient (Wildman–Crippen LogP) is 10.8. The molecule has 1 aliphatic rings. The molecule has 4 rings (SSSR count). The zero-order valence-electron chi connectivity index (χ0n) is 22.3. The summed E-state index contributed by atoms with van der Waals surface area (Å²) in [5, 5.41) is 0. The first-order chi connectivity index (χ1) is 19.0. The molecule has 0 spiro atoms. The smallest absolute Gasteiger partial charge is 0.450 e. The molecule has 0 unspecified atom stereocenters. The summed E-state index contributed by atoms with van der Waals surface area (Å²) in [4.78, 5) is 0. The SMILES string of the molecule is CCCCC[C@H]1CC[C@H](c2c(F)cc(C)c(Oc3c(F)cccc3-c3ccc(OC(F)(F)F)c(F)c3)c2F)CC1. The summed E-state index contributed by atoms with van der Waals surface area (Å²) in [6, 6.07) is 7.46. The number of para-hydroxylation sites is 1. The molecule has 3 aromatic rings. The van der Waals surface area contributed by atoms with Crippen molar-refractivity contribution in [2.45, 2.75) is 77.5 Å². The van der Waals surface area contributed by atoms with E-state index in [0.29, 0.717) is 18.8 Å². The average molecular weight is 569 g/mol. The van der Waals surface area contributed by atoms with Gasteiger partial charge < -0.3 is 9.47 Å². The van der Waals surface area contributed by atoms with E-state index in [9.17, 15) is 17.6 Å². The van der Waals surface area contributed by atoms with Crippen LogP contribution in [0.15, 0.2) is 42.5 Å². The summed E-state index contributed by atoms with van der Waals surface area (Å²) >= 11 is 0. The first-order valence-electron chi connectivity index (χ1n) is 13.5. The van der Waals surface area contributed by atoms with Gasteiger partial charge in [-0.3, -0.25) is 0 Å². The number of rotatable bonds is 9. The highest BCUT2D eigenvalue weighted by molar-refractivity contribution is 5.72. The first kappa shape index (κ1) is 29.7. The molecular weight excluding hydrogens is 537 g/mol. The van der Waals surface area contributed by atoms with E-state index in [1.807, 2.05) is 0 Å². The normalized spacial score (nSPS) is 17.6. The van der Waals surface area contributed by atoms with E-state index < -0.39 is 41.1 Å². The maximum atomic E-state index is 15.9. The lowest BCUT2D eigenvalue weighted by Gasteiger charge is -2.30. The predicted molar refractivity (Wildman–Crippen MR) is 138 cm³/mol. The van der Waals surface area contributed by atoms with Crippen LogP contribution < -0.4 is 9.47 Å². The number of hydrogen-bond donors (Lipinski definition) is 0. The van der Waals surface area contributed by atoms with Crippen LogP contribution >= 0.6 is 0 Å². The van der Waals surface area contributed by atoms with Crippen LogP contribution in [0.2, 0.25) is 0 Å². The Labute approximate surface area is 229 Å². The topological polar surface area (TPSA) is 18.5 Å². The van der Waals surface area contributed by atoms with Crippen LogP contribution in [0.3, 0.4) is 0 Å².